The molecule has 0 bridgehead atoms. The summed E-state index contributed by atoms with van der Waals surface area (Å²) in [5, 5.41) is 0. The Morgan fingerprint density at radius 2 is 1.74 bits per heavy atom. The topological polar surface area (TPSA) is 89.2 Å². The van der Waals surface area contributed by atoms with E-state index < -0.39 is 0 Å². The first-order chi connectivity index (χ1) is 16.4. The molecule has 34 heavy (non-hydrogen) atoms. The molecule has 0 N–H and O–H groups in total. The summed E-state index contributed by atoms with van der Waals surface area (Å²) >= 11 is 0. The van der Waals surface area contributed by atoms with Crippen molar-refractivity contribution >= 4 is 11.7 Å². The van der Waals surface area contributed by atoms with E-state index >= 15 is 0 Å². The largest absolute Gasteiger partial charge is 0.454 e. The standard InChI is InChI=1S/C24H31N5O5/c1-25-21(13-22(30)26(2)24(25)32)29-7-3-4-18(15-29)23(31)28-10-8-27(9-11-28)14-17-5-6-19-20(12-17)34-16-33-19/h5-6,12-13,18H,3-4,7-11,14-16H2,1-2H3. The lowest BCUT2D eigenvalue weighted by atomic mass is 9.96. The number of anilines is 1. The van der Waals surface area contributed by atoms with Crippen molar-refractivity contribution in [1.82, 2.24) is 18.9 Å². The molecule has 2 aromatic rings. The van der Waals surface area contributed by atoms with Crippen molar-refractivity contribution in [2.24, 2.45) is 20.0 Å². The van der Waals surface area contributed by atoms with E-state index in [1.807, 2.05) is 21.9 Å². The van der Waals surface area contributed by atoms with Crippen molar-refractivity contribution in [2.75, 3.05) is 51.0 Å². The van der Waals surface area contributed by atoms with E-state index in [1.54, 1.807) is 7.05 Å². The SMILES string of the molecule is Cn1c(N2CCCC(C(=O)N3CCN(Cc4ccc5c(c4)OCO5)CC3)C2)cc(=O)n(C)c1=O. The minimum atomic E-state index is -0.352. The van der Waals surface area contributed by atoms with Gasteiger partial charge in [0.2, 0.25) is 12.7 Å². The monoisotopic (exact) mass is 469 g/mol. The van der Waals surface area contributed by atoms with Gasteiger partial charge in [0.05, 0.1) is 5.92 Å². The molecule has 5 rings (SSSR count). The molecule has 1 aromatic carbocycles. The molecule has 1 amide bonds. The van der Waals surface area contributed by atoms with E-state index in [0.29, 0.717) is 25.5 Å². The van der Waals surface area contributed by atoms with Gasteiger partial charge < -0.3 is 19.3 Å². The van der Waals surface area contributed by atoms with E-state index in [1.165, 1.54) is 23.2 Å². The van der Waals surface area contributed by atoms with Gasteiger partial charge in [0, 0.05) is 66.0 Å². The number of nitrogens with zero attached hydrogens (tertiary/aromatic N) is 5. The fourth-order valence-electron chi connectivity index (χ4n) is 5.09. The summed E-state index contributed by atoms with van der Waals surface area (Å²) in [7, 11) is 3.14. The normalized spacial score (nSPS) is 20.6. The number of piperazine rings is 1. The third-order valence-corrected chi connectivity index (χ3v) is 7.12. The second-order valence-corrected chi connectivity index (χ2v) is 9.32. The Morgan fingerprint density at radius 3 is 2.53 bits per heavy atom. The Balaban J connectivity index is 1.19. The first-order valence-corrected chi connectivity index (χ1v) is 11.8. The van der Waals surface area contributed by atoms with Crippen molar-refractivity contribution < 1.29 is 14.3 Å². The third kappa shape index (κ3) is 4.29. The second kappa shape index (κ2) is 9.17. The van der Waals surface area contributed by atoms with Crippen molar-refractivity contribution in [3.8, 4) is 11.5 Å². The van der Waals surface area contributed by atoms with Crippen LogP contribution in [0.2, 0.25) is 0 Å². The molecule has 10 nitrogen and oxygen atoms in total. The molecule has 0 spiro atoms. The van der Waals surface area contributed by atoms with Crippen LogP contribution in [0.3, 0.4) is 0 Å². The van der Waals surface area contributed by atoms with E-state index in [4.69, 9.17) is 9.47 Å². The van der Waals surface area contributed by atoms with Crippen LogP contribution in [0.1, 0.15) is 18.4 Å². The summed E-state index contributed by atoms with van der Waals surface area (Å²) < 4.78 is 13.4. The molecule has 3 aliphatic rings. The molecular formula is C24H31N5O5. The third-order valence-electron chi connectivity index (χ3n) is 7.12. The minimum absolute atomic E-state index is 0.131. The van der Waals surface area contributed by atoms with Gasteiger partial charge in [0.25, 0.3) is 5.56 Å². The van der Waals surface area contributed by atoms with Crippen LogP contribution >= 0.6 is 0 Å². The summed E-state index contributed by atoms with van der Waals surface area (Å²) in [6, 6.07) is 7.53. The second-order valence-electron chi connectivity index (χ2n) is 9.32. The number of fused-ring (bicyclic) bond motifs is 1. The number of rotatable bonds is 4. The molecule has 3 aliphatic heterocycles. The summed E-state index contributed by atoms with van der Waals surface area (Å²) in [6.45, 7) is 5.38. The van der Waals surface area contributed by atoms with Gasteiger partial charge in [-0.05, 0) is 30.5 Å². The Hall–Kier alpha value is -3.27. The highest BCUT2D eigenvalue weighted by atomic mass is 16.7. The number of aromatic nitrogens is 2. The van der Waals surface area contributed by atoms with Crippen LogP contribution in [0.25, 0.3) is 0 Å². The lowest BCUT2D eigenvalue weighted by Gasteiger charge is -2.39. The Bertz CT molecular complexity index is 1200. The van der Waals surface area contributed by atoms with Gasteiger partial charge in [0.15, 0.2) is 11.5 Å². The van der Waals surface area contributed by atoms with Crippen molar-refractivity contribution in [2.45, 2.75) is 19.4 Å². The molecule has 182 valence electrons. The van der Waals surface area contributed by atoms with Gasteiger partial charge in [0.1, 0.15) is 5.82 Å². The maximum atomic E-state index is 13.3. The molecule has 4 heterocycles. The lowest BCUT2D eigenvalue weighted by Crippen LogP contribution is -2.52. The molecule has 0 saturated carbocycles. The number of amides is 1. The van der Waals surface area contributed by atoms with Crippen LogP contribution in [0, 0.1) is 5.92 Å². The van der Waals surface area contributed by atoms with E-state index in [2.05, 4.69) is 11.0 Å². The predicted octanol–water partition coefficient (Wildman–Crippen LogP) is 0.374. The smallest absolute Gasteiger partial charge is 0.332 e. The number of carbonyl (C=O) groups is 1. The average Bonchev–Trinajstić information content (AvgIpc) is 3.33. The fraction of sp³-hybridized carbons (Fsp3) is 0.542. The summed E-state index contributed by atoms with van der Waals surface area (Å²) in [5.74, 6) is 2.20. The van der Waals surface area contributed by atoms with Crippen LogP contribution in [-0.2, 0) is 25.4 Å². The molecule has 0 aliphatic carbocycles. The first kappa shape index (κ1) is 22.5. The van der Waals surface area contributed by atoms with Gasteiger partial charge in [-0.3, -0.25) is 23.6 Å². The zero-order chi connectivity index (χ0) is 23.8. The van der Waals surface area contributed by atoms with Crippen molar-refractivity contribution in [1.29, 1.82) is 0 Å². The van der Waals surface area contributed by atoms with E-state index in [-0.39, 0.29) is 29.9 Å². The summed E-state index contributed by atoms with van der Waals surface area (Å²) in [5.41, 5.74) is 0.492. The van der Waals surface area contributed by atoms with Gasteiger partial charge in [-0.15, -0.1) is 0 Å². The highest BCUT2D eigenvalue weighted by Gasteiger charge is 2.32. The zero-order valence-electron chi connectivity index (χ0n) is 19.7. The molecular weight excluding hydrogens is 438 g/mol. The predicted molar refractivity (Wildman–Crippen MR) is 126 cm³/mol. The van der Waals surface area contributed by atoms with Gasteiger partial charge in [-0.1, -0.05) is 6.07 Å². The summed E-state index contributed by atoms with van der Waals surface area (Å²) in [4.78, 5) is 44.1. The average molecular weight is 470 g/mol. The molecule has 1 atom stereocenters. The van der Waals surface area contributed by atoms with Crippen molar-refractivity contribution in [3.63, 3.8) is 0 Å². The maximum absolute atomic E-state index is 13.3. The van der Waals surface area contributed by atoms with Crippen LogP contribution in [-0.4, -0.2) is 70.9 Å². The van der Waals surface area contributed by atoms with Crippen LogP contribution in [0.15, 0.2) is 33.9 Å². The molecule has 2 fully saturated rings. The quantitative estimate of drug-likeness (QED) is 0.639. The molecule has 1 aromatic heterocycles. The number of hydrogen-bond donors (Lipinski definition) is 0. The Kier molecular flexibility index (Phi) is 6.07. The highest BCUT2D eigenvalue weighted by Crippen LogP contribution is 2.33. The highest BCUT2D eigenvalue weighted by molar-refractivity contribution is 5.80. The van der Waals surface area contributed by atoms with Gasteiger partial charge in [-0.2, -0.15) is 0 Å². The molecule has 0 radical (unpaired) electrons. The molecule has 10 heteroatoms. The minimum Gasteiger partial charge on any atom is -0.454 e. The number of hydrogen-bond acceptors (Lipinski definition) is 7. The molecule has 2 saturated heterocycles. The van der Waals surface area contributed by atoms with Crippen LogP contribution in [0.5, 0.6) is 11.5 Å². The fourth-order valence-corrected chi connectivity index (χ4v) is 5.09. The molecule has 1 unspecified atom stereocenters. The van der Waals surface area contributed by atoms with Crippen LogP contribution in [0.4, 0.5) is 5.82 Å². The Morgan fingerprint density at radius 1 is 0.971 bits per heavy atom. The van der Waals surface area contributed by atoms with E-state index in [9.17, 15) is 14.4 Å². The van der Waals surface area contributed by atoms with Crippen LogP contribution < -0.4 is 25.6 Å². The maximum Gasteiger partial charge on any atom is 0.332 e. The number of benzene rings is 1. The number of piperidine rings is 1. The van der Waals surface area contributed by atoms with Gasteiger partial charge >= 0.3 is 5.69 Å². The first-order valence-electron chi connectivity index (χ1n) is 11.8. The van der Waals surface area contributed by atoms with Gasteiger partial charge in [-0.25, -0.2) is 4.79 Å². The number of ether oxygens (including phenoxy) is 2. The Labute approximate surface area is 197 Å². The summed E-state index contributed by atoms with van der Waals surface area (Å²) in [6.07, 6.45) is 1.68. The number of carbonyl (C=O) groups excluding carboxylic acids is 1. The zero-order valence-corrected chi connectivity index (χ0v) is 19.7. The lowest BCUT2D eigenvalue weighted by molar-refractivity contribution is -0.137. The van der Waals surface area contributed by atoms with Crippen molar-refractivity contribution in [3.05, 3.63) is 50.7 Å². The van der Waals surface area contributed by atoms with E-state index in [0.717, 1.165) is 55.1 Å².